The summed E-state index contributed by atoms with van der Waals surface area (Å²) >= 11 is 0. The Bertz CT molecular complexity index is 506. The van der Waals surface area contributed by atoms with Crippen LogP contribution in [-0.4, -0.2) is 15.2 Å². The maximum atomic E-state index is 5.95. The van der Waals surface area contributed by atoms with Crippen molar-refractivity contribution in [1.29, 1.82) is 0 Å². The van der Waals surface area contributed by atoms with E-state index >= 15 is 0 Å². The lowest BCUT2D eigenvalue weighted by Gasteiger charge is -2.23. The van der Waals surface area contributed by atoms with Crippen LogP contribution in [0.5, 0.6) is 5.75 Å². The smallest absolute Gasteiger partial charge is 0.392 e. The van der Waals surface area contributed by atoms with Gasteiger partial charge >= 0.3 is 8.56 Å². The fourth-order valence-electron chi connectivity index (χ4n) is 2.01. The maximum absolute atomic E-state index is 5.95. The van der Waals surface area contributed by atoms with E-state index in [2.05, 4.69) is 37.4 Å². The molecule has 2 aromatic rings. The number of hydrogen-bond donors (Lipinski definition) is 0. The third-order valence-corrected chi connectivity index (χ3v) is 4.53. The van der Waals surface area contributed by atoms with Crippen molar-refractivity contribution in [2.24, 2.45) is 0 Å². The maximum Gasteiger partial charge on any atom is 0.392 e. The zero-order valence-electron chi connectivity index (χ0n) is 11.7. The molecule has 0 aliphatic carbocycles. The largest absolute Gasteiger partial charge is 0.520 e. The van der Waals surface area contributed by atoms with E-state index in [9.17, 15) is 0 Å². The molecule has 0 bridgehead atoms. The summed E-state index contributed by atoms with van der Waals surface area (Å²) in [5.74, 6) is 0.879. The van der Waals surface area contributed by atoms with Gasteiger partial charge in [0, 0.05) is 6.61 Å². The molecule has 0 aromatic heterocycles. The fourth-order valence-corrected chi connectivity index (χ4v) is 3.46. The third kappa shape index (κ3) is 3.94. The molecule has 0 radical (unpaired) electrons. The Labute approximate surface area is 116 Å². The SMILES string of the molecule is CCO[Si](C)(C)Oc1ccc(-c2ccccc2)cc1. The minimum atomic E-state index is -2.04. The van der Waals surface area contributed by atoms with Crippen molar-refractivity contribution in [1.82, 2.24) is 0 Å². The van der Waals surface area contributed by atoms with E-state index in [1.54, 1.807) is 0 Å². The van der Waals surface area contributed by atoms with E-state index < -0.39 is 8.56 Å². The number of benzene rings is 2. The van der Waals surface area contributed by atoms with E-state index in [0.29, 0.717) is 6.61 Å². The Balaban J connectivity index is 2.11. The molecule has 2 nitrogen and oxygen atoms in total. The minimum Gasteiger partial charge on any atom is -0.520 e. The second-order valence-corrected chi connectivity index (χ2v) is 8.12. The van der Waals surface area contributed by atoms with Crippen LogP contribution in [0.15, 0.2) is 54.6 Å². The van der Waals surface area contributed by atoms with Gasteiger partial charge in [0.2, 0.25) is 0 Å². The number of rotatable bonds is 5. The van der Waals surface area contributed by atoms with Crippen LogP contribution in [0.3, 0.4) is 0 Å². The fraction of sp³-hybridized carbons (Fsp3) is 0.250. The van der Waals surface area contributed by atoms with Gasteiger partial charge in [0.25, 0.3) is 0 Å². The number of hydrogen-bond acceptors (Lipinski definition) is 2. The van der Waals surface area contributed by atoms with Crippen LogP contribution in [0, 0.1) is 0 Å². The average molecular weight is 272 g/mol. The van der Waals surface area contributed by atoms with E-state index in [4.69, 9.17) is 8.85 Å². The molecule has 100 valence electrons. The predicted molar refractivity (Wildman–Crippen MR) is 81.6 cm³/mol. The lowest BCUT2D eigenvalue weighted by molar-refractivity contribution is 0.264. The van der Waals surface area contributed by atoms with E-state index in [1.165, 1.54) is 11.1 Å². The summed E-state index contributed by atoms with van der Waals surface area (Å²) in [6.07, 6.45) is 0. The van der Waals surface area contributed by atoms with Crippen LogP contribution in [0.4, 0.5) is 0 Å². The van der Waals surface area contributed by atoms with Crippen molar-refractivity contribution < 1.29 is 8.85 Å². The first-order valence-electron chi connectivity index (χ1n) is 6.59. The summed E-state index contributed by atoms with van der Waals surface area (Å²) in [7, 11) is -2.04. The van der Waals surface area contributed by atoms with Gasteiger partial charge in [-0.3, -0.25) is 0 Å². The average Bonchev–Trinajstić information content (AvgIpc) is 2.40. The molecule has 2 rings (SSSR count). The molecule has 0 fully saturated rings. The zero-order valence-corrected chi connectivity index (χ0v) is 12.7. The molecular formula is C16H20O2Si. The Morgan fingerprint density at radius 2 is 1.42 bits per heavy atom. The summed E-state index contributed by atoms with van der Waals surface area (Å²) in [5.41, 5.74) is 2.42. The Morgan fingerprint density at radius 1 is 0.842 bits per heavy atom. The van der Waals surface area contributed by atoms with Gasteiger partial charge in [0.15, 0.2) is 0 Å². The lowest BCUT2D eigenvalue weighted by atomic mass is 10.1. The van der Waals surface area contributed by atoms with Gasteiger partial charge in [-0.15, -0.1) is 0 Å². The van der Waals surface area contributed by atoms with E-state index in [0.717, 1.165) is 5.75 Å². The highest BCUT2D eigenvalue weighted by molar-refractivity contribution is 6.65. The van der Waals surface area contributed by atoms with Gasteiger partial charge in [-0.25, -0.2) is 0 Å². The molecule has 0 N–H and O–H groups in total. The highest BCUT2D eigenvalue weighted by Crippen LogP contribution is 2.23. The molecule has 3 heteroatoms. The van der Waals surface area contributed by atoms with Crippen molar-refractivity contribution in [3.63, 3.8) is 0 Å². The lowest BCUT2D eigenvalue weighted by Crippen LogP contribution is -2.38. The van der Waals surface area contributed by atoms with Crippen LogP contribution in [0.1, 0.15) is 6.92 Å². The molecule has 0 aliphatic rings. The standard InChI is InChI=1S/C16H20O2Si/c1-4-17-19(2,3)18-16-12-10-15(11-13-16)14-8-6-5-7-9-14/h5-13H,4H2,1-3H3. The predicted octanol–water partition coefficient (Wildman–Crippen LogP) is 4.47. The minimum absolute atomic E-state index is 0.696. The molecule has 0 saturated carbocycles. The van der Waals surface area contributed by atoms with Crippen LogP contribution >= 0.6 is 0 Å². The van der Waals surface area contributed by atoms with E-state index in [1.807, 2.05) is 37.3 Å². The first kappa shape index (κ1) is 13.8. The van der Waals surface area contributed by atoms with Crippen molar-refractivity contribution in [3.8, 4) is 16.9 Å². The van der Waals surface area contributed by atoms with Gasteiger partial charge in [-0.2, -0.15) is 0 Å². The molecule has 2 aromatic carbocycles. The van der Waals surface area contributed by atoms with Gasteiger partial charge < -0.3 is 8.85 Å². The highest BCUT2D eigenvalue weighted by atomic mass is 28.4. The molecule has 0 aliphatic heterocycles. The first-order chi connectivity index (χ1) is 9.11. The normalized spacial score (nSPS) is 11.3. The molecule has 0 unspecified atom stereocenters. The molecule has 0 heterocycles. The molecule has 0 saturated heterocycles. The van der Waals surface area contributed by atoms with Crippen LogP contribution in [0.25, 0.3) is 11.1 Å². The molecule has 0 spiro atoms. The van der Waals surface area contributed by atoms with Crippen molar-refractivity contribution >= 4 is 8.56 Å². The van der Waals surface area contributed by atoms with Crippen molar-refractivity contribution in [3.05, 3.63) is 54.6 Å². The summed E-state index contributed by atoms with van der Waals surface area (Å²) < 4.78 is 11.6. The van der Waals surface area contributed by atoms with Crippen molar-refractivity contribution in [2.75, 3.05) is 6.61 Å². The van der Waals surface area contributed by atoms with E-state index in [-0.39, 0.29) is 0 Å². The first-order valence-corrected chi connectivity index (χ1v) is 9.41. The van der Waals surface area contributed by atoms with Gasteiger partial charge in [-0.05, 0) is 43.3 Å². The van der Waals surface area contributed by atoms with Gasteiger partial charge in [-0.1, -0.05) is 42.5 Å². The highest BCUT2D eigenvalue weighted by Gasteiger charge is 2.25. The summed E-state index contributed by atoms with van der Waals surface area (Å²) in [4.78, 5) is 0. The third-order valence-electron chi connectivity index (χ3n) is 2.82. The molecule has 0 atom stereocenters. The molecular weight excluding hydrogens is 252 g/mol. The summed E-state index contributed by atoms with van der Waals surface area (Å²) in [6, 6.07) is 18.5. The van der Waals surface area contributed by atoms with Gasteiger partial charge in [0.05, 0.1) is 0 Å². The van der Waals surface area contributed by atoms with Gasteiger partial charge in [0.1, 0.15) is 5.75 Å². The summed E-state index contributed by atoms with van der Waals surface area (Å²) in [6.45, 7) is 6.81. The molecule has 0 amide bonds. The van der Waals surface area contributed by atoms with Crippen molar-refractivity contribution in [2.45, 2.75) is 20.0 Å². The summed E-state index contributed by atoms with van der Waals surface area (Å²) in [5, 5.41) is 0. The monoisotopic (exact) mass is 272 g/mol. The van der Waals surface area contributed by atoms with Crippen LogP contribution in [-0.2, 0) is 4.43 Å². The van der Waals surface area contributed by atoms with Crippen LogP contribution in [0.2, 0.25) is 13.1 Å². The Kier molecular flexibility index (Phi) is 4.40. The van der Waals surface area contributed by atoms with Crippen LogP contribution < -0.4 is 4.43 Å². The Hall–Kier alpha value is -1.58. The zero-order chi connectivity index (χ0) is 13.7. The second-order valence-electron chi connectivity index (χ2n) is 4.83. The second kappa shape index (κ2) is 6.04. The molecule has 19 heavy (non-hydrogen) atoms. The Morgan fingerprint density at radius 3 is 2.00 bits per heavy atom. The topological polar surface area (TPSA) is 18.5 Å². The quantitative estimate of drug-likeness (QED) is 0.748.